The van der Waals surface area contributed by atoms with Crippen LogP contribution in [0.4, 0.5) is 0 Å². The zero-order chi connectivity index (χ0) is 19.5. The summed E-state index contributed by atoms with van der Waals surface area (Å²) in [5.74, 6) is 2.16. The van der Waals surface area contributed by atoms with Gasteiger partial charge in [0, 0.05) is 38.3 Å². The van der Waals surface area contributed by atoms with Crippen molar-refractivity contribution >= 4 is 5.96 Å². The van der Waals surface area contributed by atoms with E-state index < -0.39 is 0 Å². The molecule has 2 aromatic heterocycles. The van der Waals surface area contributed by atoms with Crippen LogP contribution >= 0.6 is 0 Å². The van der Waals surface area contributed by atoms with Gasteiger partial charge in [0.2, 0.25) is 0 Å². The fourth-order valence-corrected chi connectivity index (χ4v) is 2.76. The first kappa shape index (κ1) is 20.9. The van der Waals surface area contributed by atoms with E-state index in [1.165, 1.54) is 0 Å². The van der Waals surface area contributed by atoms with Crippen molar-refractivity contribution in [3.8, 4) is 5.82 Å². The molecule has 1 unspecified atom stereocenters. The monoisotopic (exact) mass is 372 g/mol. The number of nitrogens with one attached hydrogen (secondary N) is 2. The largest absolute Gasteiger partial charge is 0.378 e. The minimum absolute atomic E-state index is 0.267. The predicted molar refractivity (Wildman–Crippen MR) is 109 cm³/mol. The number of ether oxygens (including phenoxy) is 1. The summed E-state index contributed by atoms with van der Waals surface area (Å²) >= 11 is 0. The van der Waals surface area contributed by atoms with Crippen LogP contribution in [-0.4, -0.2) is 46.3 Å². The summed E-state index contributed by atoms with van der Waals surface area (Å²) < 4.78 is 7.69. The van der Waals surface area contributed by atoms with Crippen molar-refractivity contribution in [1.82, 2.24) is 25.2 Å². The topological polar surface area (TPSA) is 76.4 Å². The average Bonchev–Trinajstić information content (AvgIpc) is 3.20. The first-order valence-corrected chi connectivity index (χ1v) is 9.71. The molecule has 2 heterocycles. The Morgan fingerprint density at radius 3 is 2.78 bits per heavy atom. The van der Waals surface area contributed by atoms with Crippen LogP contribution in [0.5, 0.6) is 0 Å². The number of hydrogen-bond acceptors (Lipinski definition) is 4. The summed E-state index contributed by atoms with van der Waals surface area (Å²) in [6.45, 7) is 11.5. The van der Waals surface area contributed by atoms with E-state index >= 15 is 0 Å². The Morgan fingerprint density at radius 1 is 1.26 bits per heavy atom. The summed E-state index contributed by atoms with van der Waals surface area (Å²) in [5, 5.41) is 6.70. The molecule has 0 saturated heterocycles. The smallest absolute Gasteiger partial charge is 0.191 e. The normalized spacial score (nSPS) is 13.0. The van der Waals surface area contributed by atoms with Crippen molar-refractivity contribution in [1.29, 1.82) is 0 Å². The standard InChI is InChI=1S/C20H32N6O/c1-5-22-20(24-10-8-18(16(3)4)27-6-2)25-14-17-7-9-23-19(13-17)26-12-11-21-15-26/h7,9,11-13,15-16,18H,5-6,8,10,14H2,1-4H3,(H2,22,24,25). The number of rotatable bonds is 10. The lowest BCUT2D eigenvalue weighted by Crippen LogP contribution is -2.39. The molecule has 0 aliphatic rings. The number of hydrogen-bond donors (Lipinski definition) is 2. The van der Waals surface area contributed by atoms with Gasteiger partial charge in [-0.2, -0.15) is 0 Å². The van der Waals surface area contributed by atoms with E-state index in [-0.39, 0.29) is 6.10 Å². The molecule has 0 bridgehead atoms. The molecule has 0 aliphatic heterocycles. The van der Waals surface area contributed by atoms with Gasteiger partial charge in [-0.05, 0) is 43.9 Å². The number of pyridine rings is 1. The van der Waals surface area contributed by atoms with Gasteiger partial charge in [-0.25, -0.2) is 15.0 Å². The fraction of sp³-hybridized carbons (Fsp3) is 0.550. The van der Waals surface area contributed by atoms with Crippen molar-refractivity contribution in [3.05, 3.63) is 42.6 Å². The molecular formula is C20H32N6O. The third kappa shape index (κ3) is 7.02. The highest BCUT2D eigenvalue weighted by atomic mass is 16.5. The number of nitrogens with zero attached hydrogens (tertiary/aromatic N) is 4. The Kier molecular flexibility index (Phi) is 8.77. The summed E-state index contributed by atoms with van der Waals surface area (Å²) in [4.78, 5) is 13.1. The van der Waals surface area contributed by atoms with Crippen LogP contribution in [0.2, 0.25) is 0 Å². The Morgan fingerprint density at radius 2 is 2.11 bits per heavy atom. The van der Waals surface area contributed by atoms with Crippen molar-refractivity contribution in [3.63, 3.8) is 0 Å². The molecular weight excluding hydrogens is 340 g/mol. The molecule has 0 fully saturated rings. The molecule has 2 aromatic rings. The molecule has 1 atom stereocenters. The predicted octanol–water partition coefficient (Wildman–Crippen LogP) is 2.77. The fourth-order valence-electron chi connectivity index (χ4n) is 2.76. The Balaban J connectivity index is 1.94. The molecule has 7 nitrogen and oxygen atoms in total. The third-order valence-corrected chi connectivity index (χ3v) is 4.19. The van der Waals surface area contributed by atoms with Gasteiger partial charge in [0.15, 0.2) is 5.96 Å². The molecule has 0 saturated carbocycles. The SMILES string of the molecule is CCNC(=NCc1ccnc(-n2ccnc2)c1)NCCC(OCC)C(C)C. The van der Waals surface area contributed by atoms with Crippen molar-refractivity contribution in [2.45, 2.75) is 46.8 Å². The summed E-state index contributed by atoms with van der Waals surface area (Å²) in [5.41, 5.74) is 1.10. The third-order valence-electron chi connectivity index (χ3n) is 4.19. The molecule has 2 rings (SSSR count). The average molecular weight is 373 g/mol. The Bertz CT molecular complexity index is 684. The summed E-state index contributed by atoms with van der Waals surface area (Å²) in [6.07, 6.45) is 8.39. The van der Waals surface area contributed by atoms with Crippen LogP contribution in [0.25, 0.3) is 5.82 Å². The summed E-state index contributed by atoms with van der Waals surface area (Å²) in [7, 11) is 0. The van der Waals surface area contributed by atoms with Crippen LogP contribution in [0.3, 0.4) is 0 Å². The first-order chi connectivity index (χ1) is 13.1. The van der Waals surface area contributed by atoms with Crippen molar-refractivity contribution < 1.29 is 4.74 Å². The van der Waals surface area contributed by atoms with E-state index in [9.17, 15) is 0 Å². The van der Waals surface area contributed by atoms with E-state index in [0.29, 0.717) is 12.5 Å². The van der Waals surface area contributed by atoms with Gasteiger partial charge in [-0.1, -0.05) is 13.8 Å². The minimum atomic E-state index is 0.267. The number of guanidine groups is 1. The second kappa shape index (κ2) is 11.3. The van der Waals surface area contributed by atoms with Gasteiger partial charge in [0.25, 0.3) is 0 Å². The molecule has 148 valence electrons. The zero-order valence-electron chi connectivity index (χ0n) is 16.9. The van der Waals surface area contributed by atoms with Crippen LogP contribution in [-0.2, 0) is 11.3 Å². The summed E-state index contributed by atoms with van der Waals surface area (Å²) in [6, 6.07) is 4.01. The molecule has 0 aliphatic carbocycles. The zero-order valence-corrected chi connectivity index (χ0v) is 16.9. The van der Waals surface area contributed by atoms with Crippen LogP contribution < -0.4 is 10.6 Å². The van der Waals surface area contributed by atoms with Gasteiger partial charge in [0.05, 0.1) is 12.6 Å². The van der Waals surface area contributed by atoms with Gasteiger partial charge >= 0.3 is 0 Å². The van der Waals surface area contributed by atoms with Crippen LogP contribution in [0, 0.1) is 5.92 Å². The number of imidazole rings is 1. The van der Waals surface area contributed by atoms with Gasteiger partial charge < -0.3 is 15.4 Å². The van der Waals surface area contributed by atoms with E-state index in [1.54, 1.807) is 18.7 Å². The lowest BCUT2D eigenvalue weighted by molar-refractivity contribution is 0.0258. The molecule has 2 N–H and O–H groups in total. The highest BCUT2D eigenvalue weighted by molar-refractivity contribution is 5.79. The first-order valence-electron chi connectivity index (χ1n) is 9.71. The van der Waals surface area contributed by atoms with Crippen LogP contribution in [0.1, 0.15) is 39.7 Å². The number of aliphatic imine (C=N–C) groups is 1. The highest BCUT2D eigenvalue weighted by Gasteiger charge is 2.13. The highest BCUT2D eigenvalue weighted by Crippen LogP contribution is 2.10. The molecule has 7 heteroatoms. The van der Waals surface area contributed by atoms with E-state index in [1.807, 2.05) is 29.8 Å². The maximum absolute atomic E-state index is 5.81. The Labute approximate surface area is 162 Å². The second-order valence-electron chi connectivity index (χ2n) is 6.64. The quantitative estimate of drug-likeness (QED) is 0.495. The molecule has 0 spiro atoms. The lowest BCUT2D eigenvalue weighted by atomic mass is 10.0. The van der Waals surface area contributed by atoms with Gasteiger partial charge in [0.1, 0.15) is 12.1 Å². The van der Waals surface area contributed by atoms with Gasteiger partial charge in [-0.3, -0.25) is 4.57 Å². The minimum Gasteiger partial charge on any atom is -0.378 e. The lowest BCUT2D eigenvalue weighted by Gasteiger charge is -2.21. The molecule has 0 amide bonds. The van der Waals surface area contributed by atoms with E-state index in [2.05, 4.69) is 41.4 Å². The van der Waals surface area contributed by atoms with E-state index in [4.69, 9.17) is 9.73 Å². The van der Waals surface area contributed by atoms with Crippen LogP contribution in [0.15, 0.2) is 42.0 Å². The molecule has 0 radical (unpaired) electrons. The molecule has 27 heavy (non-hydrogen) atoms. The maximum atomic E-state index is 5.81. The van der Waals surface area contributed by atoms with Crippen molar-refractivity contribution in [2.24, 2.45) is 10.9 Å². The van der Waals surface area contributed by atoms with E-state index in [0.717, 1.165) is 43.5 Å². The number of aromatic nitrogens is 3. The Hall–Kier alpha value is -2.41. The maximum Gasteiger partial charge on any atom is 0.191 e. The molecule has 0 aromatic carbocycles. The van der Waals surface area contributed by atoms with Gasteiger partial charge in [-0.15, -0.1) is 0 Å². The second-order valence-corrected chi connectivity index (χ2v) is 6.64. The van der Waals surface area contributed by atoms with Crippen molar-refractivity contribution in [2.75, 3.05) is 19.7 Å².